The molecule has 0 spiro atoms. The molecular formula is C14H20N2S. The largest absolute Gasteiger partial charge is 0.389 e. The van der Waals surface area contributed by atoms with E-state index in [0.717, 1.165) is 17.0 Å². The van der Waals surface area contributed by atoms with E-state index in [-0.39, 0.29) is 0 Å². The molecule has 1 aromatic carbocycles. The van der Waals surface area contributed by atoms with Crippen LogP contribution in [0.5, 0.6) is 0 Å². The maximum absolute atomic E-state index is 5.68. The Morgan fingerprint density at radius 2 is 2.12 bits per heavy atom. The van der Waals surface area contributed by atoms with Crippen molar-refractivity contribution >= 4 is 22.9 Å². The minimum atomic E-state index is 0.479. The van der Waals surface area contributed by atoms with Gasteiger partial charge < -0.3 is 10.6 Å². The smallest absolute Gasteiger partial charge is 0.104 e. The summed E-state index contributed by atoms with van der Waals surface area (Å²) in [6.07, 6.45) is 2.74. The Balaban J connectivity index is 2.21. The van der Waals surface area contributed by atoms with Crippen LogP contribution in [0.3, 0.4) is 0 Å². The third-order valence-corrected chi connectivity index (χ3v) is 4.02. The van der Waals surface area contributed by atoms with Gasteiger partial charge in [-0.2, -0.15) is 0 Å². The summed E-state index contributed by atoms with van der Waals surface area (Å²) >= 11 is 5.03. The zero-order chi connectivity index (χ0) is 12.6. The van der Waals surface area contributed by atoms with Gasteiger partial charge in [0.25, 0.3) is 0 Å². The van der Waals surface area contributed by atoms with Crippen LogP contribution in [-0.2, 0) is 0 Å². The summed E-state index contributed by atoms with van der Waals surface area (Å²) in [6, 6.07) is 6.93. The maximum Gasteiger partial charge on any atom is 0.104 e. The maximum atomic E-state index is 5.68. The normalized spacial score (nSPS) is 16.6. The van der Waals surface area contributed by atoms with Crippen molar-refractivity contribution in [1.82, 2.24) is 0 Å². The highest BCUT2D eigenvalue weighted by atomic mass is 32.1. The molecule has 0 heterocycles. The van der Waals surface area contributed by atoms with E-state index < -0.39 is 0 Å². The summed E-state index contributed by atoms with van der Waals surface area (Å²) in [4.78, 5) is 2.83. The second kappa shape index (κ2) is 4.65. The molecule has 0 aliphatic heterocycles. The second-order valence-corrected chi connectivity index (χ2v) is 5.49. The number of hydrogen-bond donors (Lipinski definition) is 1. The summed E-state index contributed by atoms with van der Waals surface area (Å²) in [5, 5.41) is 0. The fourth-order valence-electron chi connectivity index (χ4n) is 2.27. The number of nitrogens with zero attached hydrogens (tertiary/aromatic N) is 1. The molecule has 1 fully saturated rings. The van der Waals surface area contributed by atoms with E-state index >= 15 is 0 Å². The van der Waals surface area contributed by atoms with E-state index in [0.29, 0.717) is 11.0 Å². The van der Waals surface area contributed by atoms with Gasteiger partial charge in [-0.25, -0.2) is 0 Å². The van der Waals surface area contributed by atoms with E-state index in [1.807, 2.05) is 6.07 Å². The van der Waals surface area contributed by atoms with Crippen molar-refractivity contribution in [1.29, 1.82) is 0 Å². The lowest BCUT2D eigenvalue weighted by Gasteiger charge is -2.27. The van der Waals surface area contributed by atoms with Gasteiger partial charge in [0.15, 0.2) is 0 Å². The summed E-state index contributed by atoms with van der Waals surface area (Å²) in [6.45, 7) is 4.36. The van der Waals surface area contributed by atoms with E-state index in [1.54, 1.807) is 0 Å². The van der Waals surface area contributed by atoms with Gasteiger partial charge in [-0.05, 0) is 56.4 Å². The lowest BCUT2D eigenvalue weighted by Crippen LogP contribution is -2.30. The molecule has 1 saturated carbocycles. The first-order valence-electron chi connectivity index (χ1n) is 6.14. The zero-order valence-electron chi connectivity index (χ0n) is 10.7. The number of hydrogen-bond acceptors (Lipinski definition) is 2. The number of rotatable bonds is 4. The average Bonchev–Trinajstić information content (AvgIpc) is 3.10. The number of benzene rings is 1. The van der Waals surface area contributed by atoms with Crippen molar-refractivity contribution in [2.24, 2.45) is 11.7 Å². The molecule has 1 atom stereocenters. The Kier molecular flexibility index (Phi) is 3.38. The Morgan fingerprint density at radius 1 is 1.47 bits per heavy atom. The van der Waals surface area contributed by atoms with Crippen molar-refractivity contribution in [2.75, 3.05) is 11.9 Å². The van der Waals surface area contributed by atoms with Gasteiger partial charge in [0.2, 0.25) is 0 Å². The molecular weight excluding hydrogens is 228 g/mol. The minimum Gasteiger partial charge on any atom is -0.389 e. The highest BCUT2D eigenvalue weighted by molar-refractivity contribution is 7.80. The standard InChI is InChI=1S/C14H20N2S/c1-9-8-12(6-7-13(9)14(15)17)16(3)10(2)11-4-5-11/h6-8,10-11H,4-5H2,1-3H3,(H2,15,17). The zero-order valence-corrected chi connectivity index (χ0v) is 11.6. The molecule has 0 radical (unpaired) electrons. The van der Waals surface area contributed by atoms with Gasteiger partial charge in [0, 0.05) is 24.3 Å². The molecule has 2 rings (SSSR count). The van der Waals surface area contributed by atoms with Gasteiger partial charge >= 0.3 is 0 Å². The van der Waals surface area contributed by atoms with E-state index in [4.69, 9.17) is 18.0 Å². The lowest BCUT2D eigenvalue weighted by molar-refractivity contribution is 0.609. The molecule has 2 nitrogen and oxygen atoms in total. The first-order chi connectivity index (χ1) is 8.00. The van der Waals surface area contributed by atoms with Crippen molar-refractivity contribution < 1.29 is 0 Å². The van der Waals surface area contributed by atoms with Crippen molar-refractivity contribution in [3.05, 3.63) is 29.3 Å². The van der Waals surface area contributed by atoms with Gasteiger partial charge in [-0.3, -0.25) is 0 Å². The van der Waals surface area contributed by atoms with E-state index in [9.17, 15) is 0 Å². The van der Waals surface area contributed by atoms with Crippen LogP contribution in [0.2, 0.25) is 0 Å². The molecule has 3 heteroatoms. The van der Waals surface area contributed by atoms with Crippen molar-refractivity contribution in [3.8, 4) is 0 Å². The highest BCUT2D eigenvalue weighted by Crippen LogP contribution is 2.36. The topological polar surface area (TPSA) is 29.3 Å². The van der Waals surface area contributed by atoms with Gasteiger partial charge in [0.05, 0.1) is 0 Å². The predicted molar refractivity (Wildman–Crippen MR) is 77.7 cm³/mol. The highest BCUT2D eigenvalue weighted by Gasteiger charge is 2.30. The van der Waals surface area contributed by atoms with Crippen LogP contribution >= 0.6 is 12.2 Å². The quantitative estimate of drug-likeness (QED) is 0.831. The number of nitrogens with two attached hydrogens (primary N) is 1. The molecule has 1 aromatic rings. The Morgan fingerprint density at radius 3 is 2.59 bits per heavy atom. The first kappa shape index (κ1) is 12.4. The predicted octanol–water partition coefficient (Wildman–Crippen LogP) is 2.86. The summed E-state index contributed by atoms with van der Waals surface area (Å²) in [5.74, 6) is 0.871. The average molecular weight is 248 g/mol. The van der Waals surface area contributed by atoms with E-state index in [2.05, 4.69) is 37.9 Å². The fraction of sp³-hybridized carbons (Fsp3) is 0.500. The van der Waals surface area contributed by atoms with Crippen molar-refractivity contribution in [2.45, 2.75) is 32.7 Å². The Bertz CT molecular complexity index is 438. The lowest BCUT2D eigenvalue weighted by atomic mass is 10.1. The van der Waals surface area contributed by atoms with Gasteiger partial charge in [0.1, 0.15) is 4.99 Å². The Labute approximate surface area is 109 Å². The molecule has 0 saturated heterocycles. The summed E-state index contributed by atoms with van der Waals surface area (Å²) in [5.41, 5.74) is 9.07. The van der Waals surface area contributed by atoms with Gasteiger partial charge in [-0.15, -0.1) is 0 Å². The molecule has 1 unspecified atom stereocenters. The molecule has 92 valence electrons. The van der Waals surface area contributed by atoms with Crippen LogP contribution in [0.4, 0.5) is 5.69 Å². The van der Waals surface area contributed by atoms with E-state index in [1.165, 1.54) is 18.5 Å². The molecule has 1 aliphatic carbocycles. The minimum absolute atomic E-state index is 0.479. The van der Waals surface area contributed by atoms with Crippen LogP contribution < -0.4 is 10.6 Å². The van der Waals surface area contributed by atoms with Crippen LogP contribution in [0, 0.1) is 12.8 Å². The fourth-order valence-corrected chi connectivity index (χ4v) is 2.50. The number of anilines is 1. The van der Waals surface area contributed by atoms with Gasteiger partial charge in [-0.1, -0.05) is 12.2 Å². The summed E-state index contributed by atoms with van der Waals surface area (Å²) in [7, 11) is 2.16. The molecule has 0 amide bonds. The number of aryl methyl sites for hydroxylation is 1. The molecule has 0 aromatic heterocycles. The first-order valence-corrected chi connectivity index (χ1v) is 6.55. The van der Waals surface area contributed by atoms with Crippen LogP contribution in [0.15, 0.2) is 18.2 Å². The van der Waals surface area contributed by atoms with Crippen LogP contribution in [-0.4, -0.2) is 18.1 Å². The van der Waals surface area contributed by atoms with Crippen LogP contribution in [0.25, 0.3) is 0 Å². The monoisotopic (exact) mass is 248 g/mol. The molecule has 2 N–H and O–H groups in total. The molecule has 1 aliphatic rings. The second-order valence-electron chi connectivity index (χ2n) is 5.05. The summed E-state index contributed by atoms with van der Waals surface area (Å²) < 4.78 is 0. The number of thiocarbonyl (C=S) groups is 1. The SMILES string of the molecule is Cc1cc(N(C)C(C)C2CC2)ccc1C(N)=S. The van der Waals surface area contributed by atoms with Crippen molar-refractivity contribution in [3.63, 3.8) is 0 Å². The molecule has 0 bridgehead atoms. The van der Waals surface area contributed by atoms with Crippen LogP contribution in [0.1, 0.15) is 30.9 Å². The third-order valence-electron chi connectivity index (χ3n) is 3.80. The molecule has 17 heavy (non-hydrogen) atoms. The third kappa shape index (κ3) is 2.60. The Hall–Kier alpha value is -1.09.